The topological polar surface area (TPSA) is 94.3 Å². The lowest BCUT2D eigenvalue weighted by Gasteiger charge is -2.33. The van der Waals surface area contributed by atoms with Gasteiger partial charge in [-0.05, 0) is 86.4 Å². The predicted octanol–water partition coefficient (Wildman–Crippen LogP) is 7.25. The zero-order valence-corrected chi connectivity index (χ0v) is 23.9. The van der Waals surface area contributed by atoms with E-state index in [0.717, 1.165) is 51.9 Å². The molecule has 0 saturated carbocycles. The number of carbonyl (C=O) groups excluding carboxylic acids is 2. The van der Waals surface area contributed by atoms with Crippen LogP contribution in [0.5, 0.6) is 5.75 Å². The van der Waals surface area contributed by atoms with E-state index in [0.29, 0.717) is 27.7 Å². The van der Waals surface area contributed by atoms with Gasteiger partial charge < -0.3 is 15.8 Å². The Bertz CT molecular complexity index is 1550. The second-order valence-electron chi connectivity index (χ2n) is 11.6. The van der Waals surface area contributed by atoms with Crippen LogP contribution in [0.15, 0.2) is 54.6 Å². The zero-order valence-electron chi connectivity index (χ0n) is 23.1. The van der Waals surface area contributed by atoms with Gasteiger partial charge in [-0.3, -0.25) is 9.59 Å². The van der Waals surface area contributed by atoms with Gasteiger partial charge in [-0.25, -0.2) is 4.98 Å². The van der Waals surface area contributed by atoms with Gasteiger partial charge >= 0.3 is 0 Å². The van der Waals surface area contributed by atoms with Crippen LogP contribution in [0.3, 0.4) is 0 Å². The number of benzene rings is 2. The Morgan fingerprint density at radius 1 is 1.10 bits per heavy atom. The van der Waals surface area contributed by atoms with E-state index in [2.05, 4.69) is 26.1 Å². The Kier molecular flexibility index (Phi) is 7.21. The lowest BCUT2D eigenvalue weighted by atomic mass is 9.72. The Balaban J connectivity index is 1.51. The maximum absolute atomic E-state index is 13.8. The number of pyridine rings is 1. The Labute approximate surface area is 233 Å². The van der Waals surface area contributed by atoms with Gasteiger partial charge in [0.05, 0.1) is 28.4 Å². The van der Waals surface area contributed by atoms with Crippen molar-refractivity contribution < 1.29 is 14.3 Å². The van der Waals surface area contributed by atoms with Crippen LogP contribution in [0.2, 0.25) is 0 Å². The molecule has 202 valence electrons. The first kappa shape index (κ1) is 26.9. The number of nitrogens with two attached hydrogens (primary N) is 1. The van der Waals surface area contributed by atoms with Crippen molar-refractivity contribution in [3.63, 3.8) is 0 Å². The standard InChI is InChI=1S/C32H35N3O3S/c1-18(2)38-21-13-10-19(11-14-21)26-17-24(22-8-6-7-9-25(22)34-26)30(37)35-31-28(29(33)36)23-15-12-20(32(3,4)5)16-27(23)39-31/h6-11,13-14,17-18,20H,12,15-16H2,1-5H3,(H2,33,36)(H,35,37). The highest BCUT2D eigenvalue weighted by Crippen LogP contribution is 2.44. The number of para-hydroxylation sites is 1. The molecule has 2 aromatic heterocycles. The minimum Gasteiger partial charge on any atom is -0.491 e. The summed E-state index contributed by atoms with van der Waals surface area (Å²) in [5.41, 5.74) is 10.2. The van der Waals surface area contributed by atoms with Crippen LogP contribution in [0.25, 0.3) is 22.2 Å². The number of fused-ring (bicyclic) bond motifs is 2. The van der Waals surface area contributed by atoms with Gasteiger partial charge in [-0.1, -0.05) is 39.0 Å². The molecular formula is C32H35N3O3S. The number of aromatic nitrogens is 1. The SMILES string of the molecule is CC(C)Oc1ccc(-c2cc(C(=O)Nc3sc4c(c3C(N)=O)CCC(C(C)(C)C)C4)c3ccccc3n2)cc1. The third kappa shape index (κ3) is 5.55. The molecule has 0 bridgehead atoms. The molecule has 1 unspecified atom stereocenters. The van der Waals surface area contributed by atoms with Crippen molar-refractivity contribution in [2.24, 2.45) is 17.1 Å². The normalized spacial score (nSPS) is 15.3. The number of hydrogen-bond donors (Lipinski definition) is 2. The maximum atomic E-state index is 13.8. The van der Waals surface area contributed by atoms with E-state index in [4.69, 9.17) is 15.5 Å². The van der Waals surface area contributed by atoms with Crippen LogP contribution in [-0.2, 0) is 12.8 Å². The smallest absolute Gasteiger partial charge is 0.257 e. The summed E-state index contributed by atoms with van der Waals surface area (Å²) in [6, 6.07) is 17.1. The molecule has 3 N–H and O–H groups in total. The van der Waals surface area contributed by atoms with Crippen molar-refractivity contribution in [1.29, 1.82) is 0 Å². The molecule has 7 heteroatoms. The molecular weight excluding hydrogens is 506 g/mol. The van der Waals surface area contributed by atoms with E-state index in [1.807, 2.05) is 68.4 Å². The number of nitrogens with one attached hydrogen (secondary N) is 1. The first-order valence-corrected chi connectivity index (χ1v) is 14.3. The van der Waals surface area contributed by atoms with Gasteiger partial charge in [0.2, 0.25) is 0 Å². The third-order valence-electron chi connectivity index (χ3n) is 7.45. The summed E-state index contributed by atoms with van der Waals surface area (Å²) < 4.78 is 5.77. The van der Waals surface area contributed by atoms with Gasteiger partial charge in [0.25, 0.3) is 11.8 Å². The monoisotopic (exact) mass is 541 g/mol. The van der Waals surface area contributed by atoms with Crippen LogP contribution in [0, 0.1) is 11.3 Å². The van der Waals surface area contributed by atoms with Crippen LogP contribution >= 0.6 is 11.3 Å². The Morgan fingerprint density at radius 2 is 1.82 bits per heavy atom. The molecule has 4 aromatic rings. The average Bonchev–Trinajstić information content (AvgIpc) is 3.25. The molecule has 5 rings (SSSR count). The summed E-state index contributed by atoms with van der Waals surface area (Å²) in [7, 11) is 0. The van der Waals surface area contributed by atoms with E-state index < -0.39 is 5.91 Å². The minimum absolute atomic E-state index is 0.0810. The van der Waals surface area contributed by atoms with E-state index in [1.165, 1.54) is 11.3 Å². The van der Waals surface area contributed by atoms with Crippen molar-refractivity contribution in [3.8, 4) is 17.0 Å². The maximum Gasteiger partial charge on any atom is 0.257 e. The fourth-order valence-corrected chi connectivity index (χ4v) is 6.66. The highest BCUT2D eigenvalue weighted by molar-refractivity contribution is 7.17. The van der Waals surface area contributed by atoms with E-state index in [9.17, 15) is 9.59 Å². The van der Waals surface area contributed by atoms with Crippen molar-refractivity contribution >= 4 is 39.1 Å². The minimum atomic E-state index is -0.499. The number of ether oxygens (including phenoxy) is 1. The molecule has 0 aliphatic heterocycles. The molecule has 2 aromatic carbocycles. The highest BCUT2D eigenvalue weighted by Gasteiger charge is 2.33. The molecule has 1 aliphatic rings. The fraction of sp³-hybridized carbons (Fsp3) is 0.344. The molecule has 0 spiro atoms. The number of carbonyl (C=O) groups is 2. The number of thiophene rings is 1. The van der Waals surface area contributed by atoms with Crippen LogP contribution < -0.4 is 15.8 Å². The Hall–Kier alpha value is -3.71. The summed E-state index contributed by atoms with van der Waals surface area (Å²) in [6.07, 6.45) is 2.76. The van der Waals surface area contributed by atoms with Crippen molar-refractivity contribution in [3.05, 3.63) is 76.2 Å². The molecule has 0 saturated heterocycles. The summed E-state index contributed by atoms with van der Waals surface area (Å²) in [4.78, 5) is 32.3. The number of amides is 2. The Morgan fingerprint density at radius 3 is 2.49 bits per heavy atom. The zero-order chi connectivity index (χ0) is 27.9. The molecule has 2 amide bonds. The highest BCUT2D eigenvalue weighted by atomic mass is 32.1. The van der Waals surface area contributed by atoms with E-state index in [-0.39, 0.29) is 17.4 Å². The average molecular weight is 542 g/mol. The quantitative estimate of drug-likeness (QED) is 0.269. The molecule has 1 aliphatic carbocycles. The van der Waals surface area contributed by atoms with Gasteiger partial charge in [0.15, 0.2) is 0 Å². The van der Waals surface area contributed by atoms with Gasteiger partial charge in [0.1, 0.15) is 10.8 Å². The summed E-state index contributed by atoms with van der Waals surface area (Å²) in [6.45, 7) is 10.7. The summed E-state index contributed by atoms with van der Waals surface area (Å²) in [5, 5.41) is 4.33. The number of hydrogen-bond acceptors (Lipinski definition) is 5. The largest absolute Gasteiger partial charge is 0.491 e. The van der Waals surface area contributed by atoms with Crippen molar-refractivity contribution in [2.75, 3.05) is 5.32 Å². The second kappa shape index (κ2) is 10.5. The predicted molar refractivity (Wildman–Crippen MR) is 159 cm³/mol. The van der Waals surface area contributed by atoms with E-state index >= 15 is 0 Å². The van der Waals surface area contributed by atoms with Gasteiger partial charge in [-0.15, -0.1) is 11.3 Å². The first-order chi connectivity index (χ1) is 18.5. The fourth-order valence-electron chi connectivity index (χ4n) is 5.33. The first-order valence-electron chi connectivity index (χ1n) is 13.4. The summed E-state index contributed by atoms with van der Waals surface area (Å²) >= 11 is 1.48. The lowest BCUT2D eigenvalue weighted by Crippen LogP contribution is -2.27. The molecule has 6 nitrogen and oxygen atoms in total. The number of primary amides is 1. The second-order valence-corrected chi connectivity index (χ2v) is 12.7. The van der Waals surface area contributed by atoms with E-state index in [1.54, 1.807) is 0 Å². The summed E-state index contributed by atoms with van der Waals surface area (Å²) in [5.74, 6) is 0.503. The van der Waals surface area contributed by atoms with Crippen molar-refractivity contribution in [1.82, 2.24) is 4.98 Å². The van der Waals surface area contributed by atoms with Crippen LogP contribution in [0.1, 0.15) is 72.2 Å². The molecule has 0 radical (unpaired) electrons. The third-order valence-corrected chi connectivity index (χ3v) is 8.62. The molecule has 39 heavy (non-hydrogen) atoms. The van der Waals surface area contributed by atoms with Gasteiger partial charge in [-0.2, -0.15) is 0 Å². The lowest BCUT2D eigenvalue weighted by molar-refractivity contribution is 0.1000. The van der Waals surface area contributed by atoms with Gasteiger partial charge in [0, 0.05) is 15.8 Å². The van der Waals surface area contributed by atoms with Crippen molar-refractivity contribution in [2.45, 2.75) is 60.0 Å². The van der Waals surface area contributed by atoms with Crippen LogP contribution in [-0.4, -0.2) is 22.9 Å². The number of rotatable bonds is 6. The number of anilines is 1. The van der Waals surface area contributed by atoms with Crippen LogP contribution in [0.4, 0.5) is 5.00 Å². The number of nitrogens with zero attached hydrogens (tertiary/aromatic N) is 1. The molecule has 1 atom stereocenters. The molecule has 2 heterocycles. The molecule has 0 fully saturated rings.